The fraction of sp³-hybridized carbons (Fsp3) is 0.471. The van der Waals surface area contributed by atoms with Gasteiger partial charge in [0.25, 0.3) is 0 Å². The van der Waals surface area contributed by atoms with Crippen molar-refractivity contribution in [3.8, 4) is 5.69 Å². The van der Waals surface area contributed by atoms with Crippen LogP contribution in [-0.4, -0.2) is 29.3 Å². The van der Waals surface area contributed by atoms with Crippen LogP contribution in [0.3, 0.4) is 0 Å². The molecule has 21 heavy (non-hydrogen) atoms. The number of ether oxygens (including phenoxy) is 1. The first-order chi connectivity index (χ1) is 10.2. The zero-order chi connectivity index (χ0) is 15.1. The SMILES string of the molecule is Cc1cn(-c2ccccc2)c(NCCOCCC(C)C)n1. The van der Waals surface area contributed by atoms with Crippen LogP contribution >= 0.6 is 0 Å². The van der Waals surface area contributed by atoms with E-state index in [0.29, 0.717) is 12.5 Å². The van der Waals surface area contributed by atoms with Crippen molar-refractivity contribution in [3.63, 3.8) is 0 Å². The van der Waals surface area contributed by atoms with Crippen LogP contribution in [0.5, 0.6) is 0 Å². The summed E-state index contributed by atoms with van der Waals surface area (Å²) < 4.78 is 7.69. The highest BCUT2D eigenvalue weighted by Crippen LogP contribution is 2.15. The summed E-state index contributed by atoms with van der Waals surface area (Å²) in [5.74, 6) is 1.56. The fourth-order valence-corrected chi connectivity index (χ4v) is 2.06. The lowest BCUT2D eigenvalue weighted by Crippen LogP contribution is -2.13. The Kier molecular flexibility index (Phi) is 5.81. The summed E-state index contributed by atoms with van der Waals surface area (Å²) in [4.78, 5) is 4.53. The van der Waals surface area contributed by atoms with Crippen molar-refractivity contribution < 1.29 is 4.74 Å². The monoisotopic (exact) mass is 287 g/mol. The van der Waals surface area contributed by atoms with Crippen LogP contribution in [0.4, 0.5) is 5.95 Å². The maximum atomic E-state index is 5.62. The van der Waals surface area contributed by atoms with Crippen molar-refractivity contribution in [3.05, 3.63) is 42.2 Å². The Bertz CT molecular complexity index is 534. The second-order valence-electron chi connectivity index (χ2n) is 5.63. The number of rotatable bonds is 8. The Balaban J connectivity index is 1.86. The molecule has 1 aromatic carbocycles. The maximum absolute atomic E-state index is 5.62. The van der Waals surface area contributed by atoms with E-state index in [1.807, 2.05) is 31.3 Å². The number of hydrogen-bond acceptors (Lipinski definition) is 3. The lowest BCUT2D eigenvalue weighted by Gasteiger charge is -2.10. The van der Waals surface area contributed by atoms with E-state index in [9.17, 15) is 0 Å². The highest BCUT2D eigenvalue weighted by atomic mass is 16.5. The van der Waals surface area contributed by atoms with Gasteiger partial charge in [-0.25, -0.2) is 4.98 Å². The molecule has 4 heteroatoms. The van der Waals surface area contributed by atoms with Gasteiger partial charge in [-0.1, -0.05) is 32.0 Å². The molecule has 0 amide bonds. The van der Waals surface area contributed by atoms with Gasteiger partial charge in [-0.05, 0) is 31.4 Å². The molecule has 0 radical (unpaired) electrons. The summed E-state index contributed by atoms with van der Waals surface area (Å²) in [5, 5.41) is 3.35. The third kappa shape index (κ3) is 4.90. The highest BCUT2D eigenvalue weighted by Gasteiger charge is 2.06. The third-order valence-electron chi connectivity index (χ3n) is 3.23. The van der Waals surface area contributed by atoms with Crippen LogP contribution in [0.15, 0.2) is 36.5 Å². The van der Waals surface area contributed by atoms with Crippen LogP contribution in [0, 0.1) is 12.8 Å². The Labute approximate surface area is 127 Å². The van der Waals surface area contributed by atoms with Crippen molar-refractivity contribution in [2.24, 2.45) is 5.92 Å². The van der Waals surface area contributed by atoms with Gasteiger partial charge in [-0.2, -0.15) is 0 Å². The first-order valence-electron chi connectivity index (χ1n) is 7.60. The van der Waals surface area contributed by atoms with Crippen LogP contribution in [0.1, 0.15) is 26.0 Å². The summed E-state index contributed by atoms with van der Waals surface area (Å²) in [6.45, 7) is 8.71. The van der Waals surface area contributed by atoms with Crippen molar-refractivity contribution >= 4 is 5.95 Å². The first-order valence-corrected chi connectivity index (χ1v) is 7.60. The molecule has 0 bridgehead atoms. The number of benzene rings is 1. The molecule has 0 aliphatic heterocycles. The minimum Gasteiger partial charge on any atom is -0.380 e. The van der Waals surface area contributed by atoms with Crippen LogP contribution in [0.2, 0.25) is 0 Å². The lowest BCUT2D eigenvalue weighted by atomic mass is 10.1. The Morgan fingerprint density at radius 2 is 1.95 bits per heavy atom. The average Bonchev–Trinajstić information content (AvgIpc) is 2.84. The number of nitrogens with zero attached hydrogens (tertiary/aromatic N) is 2. The zero-order valence-electron chi connectivity index (χ0n) is 13.2. The zero-order valence-corrected chi connectivity index (χ0v) is 13.2. The van der Waals surface area contributed by atoms with Gasteiger partial charge in [0.2, 0.25) is 5.95 Å². The van der Waals surface area contributed by atoms with Crippen molar-refractivity contribution in [1.82, 2.24) is 9.55 Å². The van der Waals surface area contributed by atoms with Crippen LogP contribution in [0.25, 0.3) is 5.69 Å². The minimum atomic E-state index is 0.692. The fourth-order valence-electron chi connectivity index (χ4n) is 2.06. The van der Waals surface area contributed by atoms with Gasteiger partial charge < -0.3 is 10.1 Å². The van der Waals surface area contributed by atoms with Gasteiger partial charge in [-0.3, -0.25) is 4.57 Å². The molecular formula is C17H25N3O. The summed E-state index contributed by atoms with van der Waals surface area (Å²) in [5.41, 5.74) is 2.11. The Morgan fingerprint density at radius 3 is 2.67 bits per heavy atom. The summed E-state index contributed by atoms with van der Waals surface area (Å²) in [6.07, 6.45) is 3.15. The molecule has 0 fully saturated rings. The van der Waals surface area contributed by atoms with E-state index in [0.717, 1.165) is 36.9 Å². The maximum Gasteiger partial charge on any atom is 0.207 e. The Hall–Kier alpha value is -1.81. The second-order valence-corrected chi connectivity index (χ2v) is 5.63. The number of nitrogens with one attached hydrogen (secondary N) is 1. The van der Waals surface area contributed by atoms with Crippen molar-refractivity contribution in [2.75, 3.05) is 25.1 Å². The standard InChI is InChI=1S/C17H25N3O/c1-14(2)9-11-21-12-10-18-17-19-15(3)13-20(17)16-7-5-4-6-8-16/h4-8,13-14H,9-12H2,1-3H3,(H,18,19). The van der Waals surface area contributed by atoms with Gasteiger partial charge in [0, 0.05) is 25.0 Å². The topological polar surface area (TPSA) is 39.1 Å². The minimum absolute atomic E-state index is 0.692. The molecule has 0 saturated carbocycles. The smallest absolute Gasteiger partial charge is 0.207 e. The molecule has 0 saturated heterocycles. The third-order valence-corrected chi connectivity index (χ3v) is 3.23. The summed E-state index contributed by atoms with van der Waals surface area (Å²) >= 11 is 0. The molecule has 0 unspecified atom stereocenters. The molecule has 0 spiro atoms. The summed E-state index contributed by atoms with van der Waals surface area (Å²) in [7, 11) is 0. The number of imidazole rings is 1. The molecule has 0 aliphatic carbocycles. The van der Waals surface area contributed by atoms with Gasteiger partial charge in [0.1, 0.15) is 0 Å². The predicted octanol–water partition coefficient (Wildman–Crippen LogP) is 3.66. The van der Waals surface area contributed by atoms with E-state index in [4.69, 9.17) is 4.74 Å². The van der Waals surface area contributed by atoms with E-state index in [1.165, 1.54) is 0 Å². The van der Waals surface area contributed by atoms with Gasteiger partial charge in [0.15, 0.2) is 0 Å². The normalized spacial score (nSPS) is 11.0. The van der Waals surface area contributed by atoms with Crippen LogP contribution in [-0.2, 0) is 4.74 Å². The number of hydrogen-bond donors (Lipinski definition) is 1. The molecule has 4 nitrogen and oxygen atoms in total. The van der Waals surface area contributed by atoms with E-state index in [2.05, 4.69) is 40.8 Å². The van der Waals surface area contributed by atoms with Gasteiger partial charge in [0.05, 0.1) is 12.3 Å². The number of aryl methyl sites for hydroxylation is 1. The van der Waals surface area contributed by atoms with E-state index in [1.54, 1.807) is 0 Å². The summed E-state index contributed by atoms with van der Waals surface area (Å²) in [6, 6.07) is 10.2. The van der Waals surface area contributed by atoms with Crippen LogP contribution < -0.4 is 5.32 Å². The van der Waals surface area contributed by atoms with Gasteiger partial charge in [-0.15, -0.1) is 0 Å². The molecule has 0 atom stereocenters. The van der Waals surface area contributed by atoms with E-state index in [-0.39, 0.29) is 0 Å². The molecule has 0 aliphatic rings. The number of aromatic nitrogens is 2. The van der Waals surface area contributed by atoms with E-state index < -0.39 is 0 Å². The second kappa shape index (κ2) is 7.84. The molecule has 2 aromatic rings. The van der Waals surface area contributed by atoms with Crippen molar-refractivity contribution in [2.45, 2.75) is 27.2 Å². The lowest BCUT2D eigenvalue weighted by molar-refractivity contribution is 0.132. The first kappa shape index (κ1) is 15.6. The molecule has 2 rings (SSSR count). The molecule has 1 aromatic heterocycles. The highest BCUT2D eigenvalue weighted by molar-refractivity contribution is 5.42. The number of anilines is 1. The predicted molar refractivity (Wildman–Crippen MR) is 87.1 cm³/mol. The molecule has 114 valence electrons. The molecular weight excluding hydrogens is 262 g/mol. The Morgan fingerprint density at radius 1 is 1.19 bits per heavy atom. The molecule has 1 N–H and O–H groups in total. The van der Waals surface area contributed by atoms with Crippen molar-refractivity contribution in [1.29, 1.82) is 0 Å². The largest absolute Gasteiger partial charge is 0.380 e. The quantitative estimate of drug-likeness (QED) is 0.753. The number of para-hydroxylation sites is 1. The van der Waals surface area contributed by atoms with E-state index >= 15 is 0 Å². The molecule has 1 heterocycles. The average molecular weight is 287 g/mol. The van der Waals surface area contributed by atoms with Gasteiger partial charge >= 0.3 is 0 Å².